The second-order valence-corrected chi connectivity index (χ2v) is 12.5. The van der Waals surface area contributed by atoms with Gasteiger partial charge in [-0.1, -0.05) is 72.7 Å². The average molecular weight is 554 g/mol. The highest BCUT2D eigenvalue weighted by molar-refractivity contribution is 9.10. The second kappa shape index (κ2) is 9.10. The van der Waals surface area contributed by atoms with Crippen LogP contribution in [0.15, 0.2) is 63.0 Å². The first-order valence-electron chi connectivity index (χ1n) is 11.3. The maximum absolute atomic E-state index is 13.7. The summed E-state index contributed by atoms with van der Waals surface area (Å²) in [7, 11) is 0. The highest BCUT2D eigenvalue weighted by atomic mass is 79.9. The Morgan fingerprint density at radius 3 is 2.47 bits per heavy atom. The summed E-state index contributed by atoms with van der Waals surface area (Å²) in [4.78, 5) is 33.7. The quantitative estimate of drug-likeness (QED) is 0.152. The molecule has 2 heterocycles. The van der Waals surface area contributed by atoms with E-state index in [4.69, 9.17) is 4.98 Å². The van der Waals surface area contributed by atoms with Crippen molar-refractivity contribution in [2.24, 2.45) is 0 Å². The van der Waals surface area contributed by atoms with Gasteiger partial charge in [0.05, 0.1) is 16.8 Å². The van der Waals surface area contributed by atoms with Crippen LogP contribution in [-0.2, 0) is 18.3 Å². The van der Waals surface area contributed by atoms with Crippen molar-refractivity contribution >= 4 is 55.0 Å². The Labute approximate surface area is 215 Å². The third-order valence-electron chi connectivity index (χ3n) is 6.20. The fourth-order valence-electron chi connectivity index (χ4n) is 4.31. The van der Waals surface area contributed by atoms with E-state index in [0.29, 0.717) is 10.7 Å². The van der Waals surface area contributed by atoms with Crippen LogP contribution in [0, 0.1) is 0 Å². The standard InChI is InChI=1S/C27H25BrN2O2S2/c1-27(2,3)17-9-7-16(8-10-17)21(31)15-33-26-29-24-23(20-5-4-6-22(20)34-24)25(32)30(26)19-13-11-18(28)12-14-19/h7-14H,4-6,15H2,1-3H3. The van der Waals surface area contributed by atoms with Gasteiger partial charge in [0.15, 0.2) is 10.9 Å². The molecular formula is C27H25BrN2O2S2. The lowest BCUT2D eigenvalue weighted by Crippen LogP contribution is -2.22. The Balaban J connectivity index is 1.51. The van der Waals surface area contributed by atoms with Gasteiger partial charge in [0, 0.05) is 14.9 Å². The first kappa shape index (κ1) is 23.5. The van der Waals surface area contributed by atoms with E-state index in [1.165, 1.54) is 22.2 Å². The summed E-state index contributed by atoms with van der Waals surface area (Å²) in [6, 6.07) is 15.5. The van der Waals surface area contributed by atoms with Crippen LogP contribution in [0.1, 0.15) is 53.6 Å². The molecule has 0 saturated carbocycles. The van der Waals surface area contributed by atoms with Crippen molar-refractivity contribution in [2.75, 3.05) is 5.75 Å². The predicted octanol–water partition coefficient (Wildman–Crippen LogP) is 6.97. The van der Waals surface area contributed by atoms with Crippen molar-refractivity contribution in [3.8, 4) is 5.69 Å². The zero-order valence-electron chi connectivity index (χ0n) is 19.4. The van der Waals surface area contributed by atoms with Crippen LogP contribution in [0.25, 0.3) is 15.9 Å². The Morgan fingerprint density at radius 1 is 1.09 bits per heavy atom. The number of nitrogens with zero attached hydrogens (tertiary/aromatic N) is 2. The minimum absolute atomic E-state index is 0.0239. The van der Waals surface area contributed by atoms with Crippen molar-refractivity contribution in [3.63, 3.8) is 0 Å². The molecule has 1 aliphatic rings. The Kier molecular flexibility index (Phi) is 6.29. The fourth-order valence-corrected chi connectivity index (χ4v) is 6.78. The van der Waals surface area contributed by atoms with Crippen molar-refractivity contribution in [1.29, 1.82) is 0 Å². The van der Waals surface area contributed by atoms with Crippen molar-refractivity contribution in [3.05, 3.63) is 84.9 Å². The topological polar surface area (TPSA) is 52.0 Å². The van der Waals surface area contributed by atoms with Gasteiger partial charge in [-0.15, -0.1) is 11.3 Å². The van der Waals surface area contributed by atoms with E-state index in [0.717, 1.165) is 45.2 Å². The summed E-state index contributed by atoms with van der Waals surface area (Å²) in [5.41, 5.74) is 3.78. The van der Waals surface area contributed by atoms with E-state index in [9.17, 15) is 9.59 Å². The van der Waals surface area contributed by atoms with Gasteiger partial charge in [-0.05, 0) is 60.1 Å². The van der Waals surface area contributed by atoms with E-state index < -0.39 is 0 Å². The Bertz CT molecular complexity index is 1450. The lowest BCUT2D eigenvalue weighted by molar-refractivity contribution is 0.102. The van der Waals surface area contributed by atoms with Crippen molar-refractivity contribution in [2.45, 2.75) is 50.6 Å². The number of ketones is 1. The molecule has 34 heavy (non-hydrogen) atoms. The summed E-state index contributed by atoms with van der Waals surface area (Å²) in [5, 5.41) is 1.30. The van der Waals surface area contributed by atoms with E-state index in [2.05, 4.69) is 36.7 Å². The van der Waals surface area contributed by atoms with E-state index in [-0.39, 0.29) is 22.5 Å². The van der Waals surface area contributed by atoms with Gasteiger partial charge in [-0.25, -0.2) is 4.98 Å². The number of fused-ring (bicyclic) bond motifs is 3. The molecule has 0 atom stereocenters. The number of carbonyl (C=O) groups excluding carboxylic acids is 1. The minimum Gasteiger partial charge on any atom is -0.293 e. The SMILES string of the molecule is CC(C)(C)c1ccc(C(=O)CSc2nc3sc4c(c3c(=O)n2-c2ccc(Br)cc2)CCC4)cc1. The highest BCUT2D eigenvalue weighted by Crippen LogP contribution is 2.36. The number of hydrogen-bond donors (Lipinski definition) is 0. The molecule has 0 saturated heterocycles. The Hall–Kier alpha value is -2.22. The fraction of sp³-hybridized carbons (Fsp3) is 0.296. The molecule has 5 rings (SSSR count). The monoisotopic (exact) mass is 552 g/mol. The zero-order chi connectivity index (χ0) is 24.0. The number of rotatable bonds is 5. The van der Waals surface area contributed by atoms with Gasteiger partial charge in [-0.2, -0.15) is 0 Å². The van der Waals surface area contributed by atoms with Gasteiger partial charge < -0.3 is 0 Å². The number of carbonyl (C=O) groups is 1. The summed E-state index contributed by atoms with van der Waals surface area (Å²) < 4.78 is 2.61. The number of Topliss-reactive ketones (excluding diaryl/α,β-unsaturated/α-hetero) is 1. The van der Waals surface area contributed by atoms with Crippen LogP contribution < -0.4 is 5.56 Å². The molecule has 2 aromatic heterocycles. The van der Waals surface area contributed by atoms with Crippen molar-refractivity contribution in [1.82, 2.24) is 9.55 Å². The van der Waals surface area contributed by atoms with Crippen LogP contribution >= 0.6 is 39.0 Å². The van der Waals surface area contributed by atoms with Gasteiger partial charge in [0.25, 0.3) is 5.56 Å². The minimum atomic E-state index is -0.0452. The maximum Gasteiger partial charge on any atom is 0.267 e. The Morgan fingerprint density at radius 2 is 1.79 bits per heavy atom. The lowest BCUT2D eigenvalue weighted by Gasteiger charge is -2.19. The van der Waals surface area contributed by atoms with Gasteiger partial charge in [0.2, 0.25) is 0 Å². The van der Waals surface area contributed by atoms with Crippen molar-refractivity contribution < 1.29 is 4.79 Å². The number of aryl methyl sites for hydroxylation is 2. The van der Waals surface area contributed by atoms with Gasteiger partial charge in [0.1, 0.15) is 4.83 Å². The van der Waals surface area contributed by atoms with Crippen LogP contribution in [-0.4, -0.2) is 21.1 Å². The van der Waals surface area contributed by atoms with E-state index in [1.54, 1.807) is 15.9 Å². The number of thiophene rings is 1. The number of hydrogen-bond acceptors (Lipinski definition) is 5. The first-order valence-corrected chi connectivity index (χ1v) is 13.9. The molecule has 0 bridgehead atoms. The molecule has 2 aromatic carbocycles. The number of thioether (sulfide) groups is 1. The average Bonchev–Trinajstić information content (AvgIpc) is 3.39. The van der Waals surface area contributed by atoms with E-state index in [1.807, 2.05) is 48.5 Å². The zero-order valence-corrected chi connectivity index (χ0v) is 22.6. The second-order valence-electron chi connectivity index (χ2n) is 9.59. The number of halogens is 1. The van der Waals surface area contributed by atoms with Crippen LogP contribution in [0.2, 0.25) is 0 Å². The van der Waals surface area contributed by atoms with E-state index >= 15 is 0 Å². The van der Waals surface area contributed by atoms with Gasteiger partial charge >= 0.3 is 0 Å². The third kappa shape index (κ3) is 4.41. The first-order chi connectivity index (χ1) is 16.2. The predicted molar refractivity (Wildman–Crippen MR) is 145 cm³/mol. The molecule has 0 fully saturated rings. The summed E-state index contributed by atoms with van der Waals surface area (Å²) >= 11 is 6.42. The molecule has 0 amide bonds. The van der Waals surface area contributed by atoms with Gasteiger partial charge in [-0.3, -0.25) is 14.2 Å². The molecule has 174 valence electrons. The molecule has 0 aliphatic heterocycles. The van der Waals surface area contributed by atoms with Crippen LogP contribution in [0.5, 0.6) is 0 Å². The largest absolute Gasteiger partial charge is 0.293 e. The smallest absolute Gasteiger partial charge is 0.267 e. The van der Waals surface area contributed by atoms with Crippen LogP contribution in [0.3, 0.4) is 0 Å². The normalized spacial score (nSPS) is 13.4. The lowest BCUT2D eigenvalue weighted by atomic mass is 9.86. The van der Waals surface area contributed by atoms with Crippen LogP contribution in [0.4, 0.5) is 0 Å². The molecular weight excluding hydrogens is 528 g/mol. The summed E-state index contributed by atoms with van der Waals surface area (Å²) in [6.07, 6.45) is 3.04. The molecule has 0 N–H and O–H groups in total. The third-order valence-corrected chi connectivity index (χ3v) is 8.85. The maximum atomic E-state index is 13.7. The molecule has 1 aliphatic carbocycles. The molecule has 4 nitrogen and oxygen atoms in total. The number of benzene rings is 2. The molecule has 0 radical (unpaired) electrons. The highest BCUT2D eigenvalue weighted by Gasteiger charge is 2.24. The molecule has 4 aromatic rings. The number of aromatic nitrogens is 2. The summed E-state index contributed by atoms with van der Waals surface area (Å²) in [5.74, 6) is 0.241. The summed E-state index contributed by atoms with van der Waals surface area (Å²) in [6.45, 7) is 6.47. The molecule has 7 heteroatoms. The molecule has 0 unspecified atom stereocenters. The molecule has 0 spiro atoms.